The summed E-state index contributed by atoms with van der Waals surface area (Å²) in [5.41, 5.74) is 0. The summed E-state index contributed by atoms with van der Waals surface area (Å²) in [4.78, 5) is 23.3. The number of amides is 3. The molecule has 2 aliphatic rings. The molecule has 2 saturated heterocycles. The highest BCUT2D eigenvalue weighted by molar-refractivity contribution is 8.00. The van der Waals surface area contributed by atoms with Gasteiger partial charge < -0.3 is 20.7 Å². The Morgan fingerprint density at radius 1 is 1.38 bits per heavy atom. The van der Waals surface area contributed by atoms with Gasteiger partial charge in [-0.25, -0.2) is 4.79 Å². The summed E-state index contributed by atoms with van der Waals surface area (Å²) >= 11 is 3.23. The Morgan fingerprint density at radius 3 is 3.08 bits per heavy atom. The van der Waals surface area contributed by atoms with Gasteiger partial charge in [-0.05, 0) is 12.8 Å². The minimum absolute atomic E-state index is 0.0390. The average Bonchev–Trinajstić information content (AvgIpc) is 3.21. The molecule has 0 unspecified atom stereocenters. The Morgan fingerprint density at radius 2 is 2.25 bits per heavy atom. The number of thioether (sulfide) groups is 1. The van der Waals surface area contributed by atoms with Crippen molar-refractivity contribution >= 4 is 40.2 Å². The number of carbonyl (C=O) groups is 2. The van der Waals surface area contributed by atoms with Crippen LogP contribution >= 0.6 is 23.1 Å². The molecule has 0 aromatic carbocycles. The van der Waals surface area contributed by atoms with Crippen molar-refractivity contribution in [2.24, 2.45) is 0 Å². The molecule has 0 saturated carbocycles. The molecule has 1 aromatic heterocycles. The molecule has 0 aliphatic carbocycles. The second-order valence-corrected chi connectivity index (χ2v) is 8.18. The van der Waals surface area contributed by atoms with E-state index >= 15 is 0 Å². The molecule has 3 heterocycles. The standard InChI is InChI=1S/C14H21N5O3S2/c1-22-6-11-18-19-14(24-11)16-10(20)5-3-2-4-9-12-8(7-23-9)15-13(21)17-12/h8-9,12H,2-7H2,1H3,(H2,15,17,21)(H,16,19,20)/t8-,9-,12-/m0/s1. The second kappa shape index (κ2) is 8.13. The zero-order valence-corrected chi connectivity index (χ0v) is 15.0. The average molecular weight is 371 g/mol. The molecule has 3 rings (SSSR count). The molecule has 3 N–H and O–H groups in total. The molecule has 24 heavy (non-hydrogen) atoms. The monoisotopic (exact) mass is 371 g/mol. The first-order chi connectivity index (χ1) is 11.7. The van der Waals surface area contributed by atoms with Gasteiger partial charge >= 0.3 is 6.03 Å². The molecular formula is C14H21N5O3S2. The first-order valence-corrected chi connectivity index (χ1v) is 9.82. The van der Waals surface area contributed by atoms with Crippen molar-refractivity contribution in [1.29, 1.82) is 0 Å². The van der Waals surface area contributed by atoms with Crippen molar-refractivity contribution in [1.82, 2.24) is 20.8 Å². The Kier molecular flexibility index (Phi) is 5.90. The molecule has 10 heteroatoms. The molecule has 0 bridgehead atoms. The van der Waals surface area contributed by atoms with Crippen molar-refractivity contribution in [3.8, 4) is 0 Å². The lowest BCUT2D eigenvalue weighted by Gasteiger charge is -2.16. The smallest absolute Gasteiger partial charge is 0.315 e. The number of anilines is 1. The first-order valence-electron chi connectivity index (χ1n) is 7.95. The number of ether oxygens (including phenoxy) is 1. The van der Waals surface area contributed by atoms with Crippen LogP contribution < -0.4 is 16.0 Å². The van der Waals surface area contributed by atoms with Crippen LogP contribution in [0.25, 0.3) is 0 Å². The first kappa shape index (κ1) is 17.4. The number of aromatic nitrogens is 2. The van der Waals surface area contributed by atoms with Gasteiger partial charge in [0.2, 0.25) is 11.0 Å². The maximum Gasteiger partial charge on any atom is 0.315 e. The van der Waals surface area contributed by atoms with E-state index in [-0.39, 0.29) is 24.0 Å². The fourth-order valence-electron chi connectivity index (χ4n) is 2.94. The van der Waals surface area contributed by atoms with Crippen molar-refractivity contribution in [2.45, 2.75) is 49.6 Å². The van der Waals surface area contributed by atoms with Crippen molar-refractivity contribution in [2.75, 3.05) is 18.2 Å². The van der Waals surface area contributed by atoms with Gasteiger partial charge in [-0.15, -0.1) is 10.2 Å². The number of rotatable bonds is 8. The van der Waals surface area contributed by atoms with Crippen LogP contribution in [0, 0.1) is 0 Å². The van der Waals surface area contributed by atoms with Crippen molar-refractivity contribution in [3.63, 3.8) is 0 Å². The minimum Gasteiger partial charge on any atom is -0.377 e. The molecule has 2 aliphatic heterocycles. The van der Waals surface area contributed by atoms with Crippen LogP contribution in [0.4, 0.5) is 9.93 Å². The molecule has 1 aromatic rings. The Hall–Kier alpha value is -1.39. The third-order valence-electron chi connectivity index (χ3n) is 4.06. The lowest BCUT2D eigenvalue weighted by molar-refractivity contribution is -0.116. The SMILES string of the molecule is COCc1nnc(NC(=O)CCCC[C@@H]2SC[C@@H]3NC(=O)N[C@@H]32)s1. The normalized spacial score (nSPS) is 25.2. The molecule has 2 fully saturated rings. The Bertz CT molecular complexity index is 597. The molecular weight excluding hydrogens is 350 g/mol. The minimum atomic E-state index is -0.0559. The van der Waals surface area contributed by atoms with Crippen molar-refractivity contribution in [3.05, 3.63) is 5.01 Å². The molecule has 0 spiro atoms. The number of urea groups is 1. The molecule has 0 radical (unpaired) electrons. The third-order valence-corrected chi connectivity index (χ3v) is 6.38. The quantitative estimate of drug-likeness (QED) is 0.471. The topological polar surface area (TPSA) is 105 Å². The van der Waals surface area contributed by atoms with E-state index in [2.05, 4.69) is 26.1 Å². The van der Waals surface area contributed by atoms with Gasteiger partial charge in [-0.3, -0.25) is 4.79 Å². The van der Waals surface area contributed by atoms with E-state index in [4.69, 9.17) is 4.74 Å². The van der Waals surface area contributed by atoms with Crippen LogP contribution in [0.2, 0.25) is 0 Å². The van der Waals surface area contributed by atoms with Gasteiger partial charge in [0.25, 0.3) is 0 Å². The number of nitrogens with zero attached hydrogens (tertiary/aromatic N) is 2. The summed E-state index contributed by atoms with van der Waals surface area (Å²) in [5.74, 6) is 0.929. The number of nitrogens with one attached hydrogen (secondary N) is 3. The number of methoxy groups -OCH3 is 1. The fraction of sp³-hybridized carbons (Fsp3) is 0.714. The zero-order chi connectivity index (χ0) is 16.9. The van der Waals surface area contributed by atoms with Gasteiger partial charge in [-0.1, -0.05) is 17.8 Å². The summed E-state index contributed by atoms with van der Waals surface area (Å²) in [7, 11) is 1.59. The van der Waals surface area contributed by atoms with Gasteiger partial charge in [0.1, 0.15) is 11.6 Å². The predicted octanol–water partition coefficient (Wildman–Crippen LogP) is 1.35. The van der Waals surface area contributed by atoms with Crippen molar-refractivity contribution < 1.29 is 14.3 Å². The molecule has 3 atom stereocenters. The molecule has 3 amide bonds. The van der Waals surface area contributed by atoms with E-state index in [1.165, 1.54) is 11.3 Å². The second-order valence-electron chi connectivity index (χ2n) is 5.85. The van der Waals surface area contributed by atoms with E-state index in [1.54, 1.807) is 7.11 Å². The summed E-state index contributed by atoms with van der Waals surface area (Å²) in [6.45, 7) is 0.403. The maximum absolute atomic E-state index is 11.9. The third kappa shape index (κ3) is 4.37. The van der Waals surface area contributed by atoms with Crippen LogP contribution in [0.1, 0.15) is 30.7 Å². The summed E-state index contributed by atoms with van der Waals surface area (Å²) in [6, 6.07) is 0.436. The number of unbranched alkanes of at least 4 members (excludes halogenated alkanes) is 1. The lowest BCUT2D eigenvalue weighted by atomic mass is 10.0. The van der Waals surface area contributed by atoms with Gasteiger partial charge in [0, 0.05) is 24.5 Å². The number of fused-ring (bicyclic) bond motifs is 1. The highest BCUT2D eigenvalue weighted by atomic mass is 32.2. The summed E-state index contributed by atoms with van der Waals surface area (Å²) in [5, 5.41) is 18.2. The Labute approximate surface area is 148 Å². The van der Waals surface area contributed by atoms with Gasteiger partial charge in [-0.2, -0.15) is 11.8 Å². The zero-order valence-electron chi connectivity index (χ0n) is 13.4. The van der Waals surface area contributed by atoms with Crippen LogP contribution in [-0.2, 0) is 16.1 Å². The van der Waals surface area contributed by atoms with Gasteiger partial charge in [0.05, 0.1) is 12.1 Å². The van der Waals surface area contributed by atoms with E-state index in [0.29, 0.717) is 23.4 Å². The predicted molar refractivity (Wildman–Crippen MR) is 93.2 cm³/mol. The van der Waals surface area contributed by atoms with E-state index in [9.17, 15) is 9.59 Å². The fourth-order valence-corrected chi connectivity index (χ4v) is 5.21. The molecule has 132 valence electrons. The van der Waals surface area contributed by atoms with E-state index in [0.717, 1.165) is 30.0 Å². The van der Waals surface area contributed by atoms with Crippen LogP contribution in [0.5, 0.6) is 0 Å². The highest BCUT2D eigenvalue weighted by Crippen LogP contribution is 2.33. The summed E-state index contributed by atoms with van der Waals surface area (Å²) in [6.07, 6.45) is 3.27. The number of carbonyl (C=O) groups excluding carboxylic acids is 2. The highest BCUT2D eigenvalue weighted by Gasteiger charge is 2.42. The van der Waals surface area contributed by atoms with Gasteiger partial charge in [0.15, 0.2) is 0 Å². The van der Waals surface area contributed by atoms with E-state index < -0.39 is 0 Å². The van der Waals surface area contributed by atoms with Crippen LogP contribution in [0.15, 0.2) is 0 Å². The molecule has 8 nitrogen and oxygen atoms in total. The maximum atomic E-state index is 11.9. The van der Waals surface area contributed by atoms with Crippen LogP contribution in [-0.4, -0.2) is 52.3 Å². The van der Waals surface area contributed by atoms with Crippen LogP contribution in [0.3, 0.4) is 0 Å². The Balaban J connectivity index is 1.33. The van der Waals surface area contributed by atoms with E-state index in [1.807, 2.05) is 11.8 Å². The largest absolute Gasteiger partial charge is 0.377 e. The number of hydrogen-bond acceptors (Lipinski definition) is 7. The number of hydrogen-bond donors (Lipinski definition) is 3. The lowest BCUT2D eigenvalue weighted by Crippen LogP contribution is -2.36. The summed E-state index contributed by atoms with van der Waals surface area (Å²) < 4.78 is 4.97.